The zero-order valence-corrected chi connectivity index (χ0v) is 9.35. The van der Waals surface area contributed by atoms with Gasteiger partial charge in [0.05, 0.1) is 0 Å². The number of carbonyl (C=O) groups is 1. The molecule has 1 amide bonds. The van der Waals surface area contributed by atoms with Crippen LogP contribution in [0, 0.1) is 11.8 Å². The van der Waals surface area contributed by atoms with Crippen molar-refractivity contribution in [3.8, 4) is 0 Å². The monoisotopic (exact) mass is 183 g/mol. The molecule has 0 heterocycles. The second kappa shape index (κ2) is 5.79. The van der Waals surface area contributed by atoms with Crippen molar-refractivity contribution in [2.45, 2.75) is 34.6 Å². The molecule has 0 fully saturated rings. The first-order valence-corrected chi connectivity index (χ1v) is 4.93. The fraction of sp³-hybridized carbons (Fsp3) is 0.727. The molecule has 13 heavy (non-hydrogen) atoms. The number of hydrogen-bond donors (Lipinski definition) is 1. The van der Waals surface area contributed by atoms with Gasteiger partial charge in [0.25, 0.3) is 0 Å². The smallest absolute Gasteiger partial charge is 0.247 e. The highest BCUT2D eigenvalue weighted by atomic mass is 16.1. The van der Waals surface area contributed by atoms with E-state index in [0.717, 1.165) is 12.1 Å². The van der Waals surface area contributed by atoms with E-state index >= 15 is 0 Å². The number of hydrogen-bond acceptors (Lipinski definition) is 1. The molecule has 0 radical (unpaired) electrons. The lowest BCUT2D eigenvalue weighted by Gasteiger charge is -2.12. The van der Waals surface area contributed by atoms with Crippen LogP contribution in [0.5, 0.6) is 0 Å². The van der Waals surface area contributed by atoms with E-state index in [0.29, 0.717) is 11.8 Å². The third-order valence-corrected chi connectivity index (χ3v) is 1.87. The van der Waals surface area contributed by atoms with Crippen LogP contribution in [0.3, 0.4) is 0 Å². The predicted molar refractivity (Wildman–Crippen MR) is 56.4 cm³/mol. The van der Waals surface area contributed by atoms with Crippen molar-refractivity contribution in [1.29, 1.82) is 0 Å². The summed E-state index contributed by atoms with van der Waals surface area (Å²) in [6.07, 6.45) is 1.89. The minimum Gasteiger partial charge on any atom is -0.352 e. The summed E-state index contributed by atoms with van der Waals surface area (Å²) < 4.78 is 0. The van der Waals surface area contributed by atoms with Crippen molar-refractivity contribution in [1.82, 2.24) is 5.32 Å². The first kappa shape index (κ1) is 12.2. The van der Waals surface area contributed by atoms with Crippen molar-refractivity contribution in [3.05, 3.63) is 11.6 Å². The average Bonchev–Trinajstić information content (AvgIpc) is 2.01. The molecule has 0 bridgehead atoms. The summed E-state index contributed by atoms with van der Waals surface area (Å²) in [5.74, 6) is 0.887. The van der Waals surface area contributed by atoms with Crippen LogP contribution in [0.25, 0.3) is 0 Å². The maximum Gasteiger partial charge on any atom is 0.247 e. The van der Waals surface area contributed by atoms with Crippen LogP contribution in [0.2, 0.25) is 0 Å². The summed E-state index contributed by atoms with van der Waals surface area (Å²) in [7, 11) is 0. The van der Waals surface area contributed by atoms with Gasteiger partial charge >= 0.3 is 0 Å². The number of carbonyl (C=O) groups excluding carboxylic acids is 1. The maximum absolute atomic E-state index is 11.5. The molecular formula is C11H21NO. The number of allylic oxidation sites excluding steroid dienone is 1. The molecule has 2 nitrogen and oxygen atoms in total. The van der Waals surface area contributed by atoms with E-state index in [-0.39, 0.29) is 5.91 Å². The van der Waals surface area contributed by atoms with E-state index in [1.165, 1.54) is 0 Å². The topological polar surface area (TPSA) is 29.1 Å². The molecular weight excluding hydrogens is 162 g/mol. The third kappa shape index (κ3) is 4.71. The standard InChI is InChI=1S/C11H21NO/c1-6-10(9(4)5)11(13)12-7-8(2)3/h6,8-9H,7H2,1-5H3,(H,12,13)/b10-6+. The lowest BCUT2D eigenvalue weighted by Crippen LogP contribution is -2.30. The quantitative estimate of drug-likeness (QED) is 0.666. The fourth-order valence-electron chi connectivity index (χ4n) is 1.13. The Kier molecular flexibility index (Phi) is 5.44. The maximum atomic E-state index is 11.5. The van der Waals surface area contributed by atoms with Gasteiger partial charge in [-0.1, -0.05) is 33.8 Å². The molecule has 0 saturated heterocycles. The number of rotatable bonds is 4. The molecule has 0 aliphatic rings. The molecule has 0 aliphatic heterocycles. The molecule has 76 valence electrons. The van der Waals surface area contributed by atoms with E-state index in [1.54, 1.807) is 0 Å². The first-order valence-electron chi connectivity index (χ1n) is 4.93. The average molecular weight is 183 g/mol. The van der Waals surface area contributed by atoms with Crippen LogP contribution < -0.4 is 5.32 Å². The summed E-state index contributed by atoms with van der Waals surface area (Å²) in [4.78, 5) is 11.5. The summed E-state index contributed by atoms with van der Waals surface area (Å²) >= 11 is 0. The summed E-state index contributed by atoms with van der Waals surface area (Å²) in [5, 5.41) is 2.91. The van der Waals surface area contributed by atoms with Crippen molar-refractivity contribution in [3.63, 3.8) is 0 Å². The van der Waals surface area contributed by atoms with Gasteiger partial charge in [-0.2, -0.15) is 0 Å². The molecule has 2 heteroatoms. The van der Waals surface area contributed by atoms with Gasteiger partial charge in [-0.05, 0) is 18.8 Å². The highest BCUT2D eigenvalue weighted by Gasteiger charge is 2.11. The van der Waals surface area contributed by atoms with Crippen LogP contribution >= 0.6 is 0 Å². The molecule has 0 atom stereocenters. The van der Waals surface area contributed by atoms with Crippen molar-refractivity contribution < 1.29 is 4.79 Å². The first-order chi connectivity index (χ1) is 5.99. The van der Waals surface area contributed by atoms with Crippen LogP contribution in [-0.2, 0) is 4.79 Å². The van der Waals surface area contributed by atoms with Crippen LogP contribution in [0.4, 0.5) is 0 Å². The van der Waals surface area contributed by atoms with Gasteiger partial charge in [0, 0.05) is 12.1 Å². The van der Waals surface area contributed by atoms with Gasteiger partial charge < -0.3 is 5.32 Å². The van der Waals surface area contributed by atoms with Gasteiger partial charge in [-0.25, -0.2) is 0 Å². The van der Waals surface area contributed by atoms with Gasteiger partial charge in [0.15, 0.2) is 0 Å². The fourth-order valence-corrected chi connectivity index (χ4v) is 1.13. The molecule has 0 aromatic rings. The van der Waals surface area contributed by atoms with Crippen LogP contribution in [-0.4, -0.2) is 12.5 Å². The molecule has 0 rings (SSSR count). The molecule has 0 unspecified atom stereocenters. The minimum absolute atomic E-state index is 0.0752. The Balaban J connectivity index is 4.09. The Hall–Kier alpha value is -0.790. The molecule has 0 saturated carbocycles. The lowest BCUT2D eigenvalue weighted by molar-refractivity contribution is -0.118. The van der Waals surface area contributed by atoms with Gasteiger partial charge in [0.1, 0.15) is 0 Å². The molecule has 1 N–H and O–H groups in total. The summed E-state index contributed by atoms with van der Waals surface area (Å²) in [6, 6.07) is 0. The summed E-state index contributed by atoms with van der Waals surface area (Å²) in [5.41, 5.74) is 0.876. The Bertz CT molecular complexity index is 192. The van der Waals surface area contributed by atoms with E-state index in [2.05, 4.69) is 19.2 Å². The normalized spacial score (nSPS) is 12.4. The Morgan fingerprint density at radius 3 is 2.15 bits per heavy atom. The molecule has 0 spiro atoms. The minimum atomic E-state index is 0.0752. The Morgan fingerprint density at radius 2 is 1.85 bits per heavy atom. The zero-order valence-electron chi connectivity index (χ0n) is 9.35. The zero-order chi connectivity index (χ0) is 10.4. The van der Waals surface area contributed by atoms with Crippen molar-refractivity contribution in [2.75, 3.05) is 6.54 Å². The van der Waals surface area contributed by atoms with E-state index in [4.69, 9.17) is 0 Å². The molecule has 0 aromatic carbocycles. The Labute approximate surface area is 81.4 Å². The second-order valence-corrected chi connectivity index (χ2v) is 4.00. The highest BCUT2D eigenvalue weighted by molar-refractivity contribution is 5.93. The second-order valence-electron chi connectivity index (χ2n) is 4.00. The summed E-state index contributed by atoms with van der Waals surface area (Å²) in [6.45, 7) is 10.9. The highest BCUT2D eigenvalue weighted by Crippen LogP contribution is 2.08. The van der Waals surface area contributed by atoms with Crippen molar-refractivity contribution in [2.24, 2.45) is 11.8 Å². The van der Waals surface area contributed by atoms with Gasteiger partial charge in [-0.3, -0.25) is 4.79 Å². The van der Waals surface area contributed by atoms with E-state index in [9.17, 15) is 4.79 Å². The van der Waals surface area contributed by atoms with Gasteiger partial charge in [0.2, 0.25) is 5.91 Å². The van der Waals surface area contributed by atoms with Crippen molar-refractivity contribution >= 4 is 5.91 Å². The molecule has 0 aromatic heterocycles. The largest absolute Gasteiger partial charge is 0.352 e. The SMILES string of the molecule is C/C=C(/C(=O)NCC(C)C)C(C)C. The van der Waals surface area contributed by atoms with Crippen LogP contribution in [0.15, 0.2) is 11.6 Å². The van der Waals surface area contributed by atoms with Gasteiger partial charge in [-0.15, -0.1) is 0 Å². The van der Waals surface area contributed by atoms with E-state index in [1.807, 2.05) is 26.8 Å². The number of amides is 1. The molecule has 0 aliphatic carbocycles. The third-order valence-electron chi connectivity index (χ3n) is 1.87. The Morgan fingerprint density at radius 1 is 1.31 bits per heavy atom. The number of nitrogens with one attached hydrogen (secondary N) is 1. The van der Waals surface area contributed by atoms with Crippen LogP contribution in [0.1, 0.15) is 34.6 Å². The lowest BCUT2D eigenvalue weighted by atomic mass is 10.0. The predicted octanol–water partition coefficient (Wildman–Crippen LogP) is 2.36. The van der Waals surface area contributed by atoms with E-state index < -0.39 is 0 Å².